The van der Waals surface area contributed by atoms with Crippen molar-refractivity contribution in [1.82, 2.24) is 9.29 Å². The van der Waals surface area contributed by atoms with Gasteiger partial charge in [0.1, 0.15) is 5.60 Å². The van der Waals surface area contributed by atoms with Gasteiger partial charge in [-0.15, -0.1) is 0 Å². The van der Waals surface area contributed by atoms with Crippen LogP contribution >= 0.6 is 0 Å². The summed E-state index contributed by atoms with van der Waals surface area (Å²) in [7, 11) is -4.36. The smallest absolute Gasteiger partial charge is 0.424 e. The average Bonchev–Trinajstić information content (AvgIpc) is 3.02. The topological polar surface area (TPSA) is 100 Å². The van der Waals surface area contributed by atoms with Crippen LogP contribution in [0.25, 0.3) is 17.2 Å². The highest BCUT2D eigenvalue weighted by Gasteiger charge is 2.64. The van der Waals surface area contributed by atoms with Crippen molar-refractivity contribution < 1.29 is 26.7 Å². The van der Waals surface area contributed by atoms with Gasteiger partial charge < -0.3 is 4.74 Å². The summed E-state index contributed by atoms with van der Waals surface area (Å²) in [4.78, 5) is 17.2. The van der Waals surface area contributed by atoms with E-state index in [0.717, 1.165) is 11.1 Å². The Bertz CT molecular complexity index is 1390. The molecule has 1 saturated heterocycles. The second-order valence-electron chi connectivity index (χ2n) is 11.0. The molecule has 0 bridgehead atoms. The van der Waals surface area contributed by atoms with Crippen molar-refractivity contribution in [2.75, 3.05) is 0 Å². The van der Waals surface area contributed by atoms with Gasteiger partial charge in [0, 0.05) is 35.6 Å². The molecule has 2 fully saturated rings. The number of carbonyl (C=O) groups is 1. The number of ether oxygens (including phenoxy) is 1. The predicted molar refractivity (Wildman–Crippen MR) is 139 cm³/mol. The molecule has 7 nitrogen and oxygen atoms in total. The summed E-state index contributed by atoms with van der Waals surface area (Å²) in [6.45, 7) is 7.83. The molecule has 202 valence electrons. The molecule has 2 aromatic rings. The number of rotatable bonds is 3. The van der Waals surface area contributed by atoms with Gasteiger partial charge in [-0.05, 0) is 51.8 Å². The summed E-state index contributed by atoms with van der Waals surface area (Å²) >= 11 is 0. The number of carbonyl (C=O) groups excluding carboxylic acids is 1. The van der Waals surface area contributed by atoms with Crippen molar-refractivity contribution in [3.8, 4) is 17.2 Å². The average molecular weight is 544 g/mol. The van der Waals surface area contributed by atoms with Crippen LogP contribution in [-0.2, 0) is 14.8 Å². The molecule has 1 saturated carbocycles. The largest absolute Gasteiger partial charge is 0.443 e. The number of nitriles is 1. The van der Waals surface area contributed by atoms with Gasteiger partial charge in [-0.1, -0.05) is 37.3 Å². The molecule has 2 heterocycles. The van der Waals surface area contributed by atoms with Gasteiger partial charge in [0.25, 0.3) is 5.92 Å². The fourth-order valence-electron chi connectivity index (χ4n) is 5.50. The zero-order valence-corrected chi connectivity index (χ0v) is 22.7. The lowest BCUT2D eigenvalue weighted by Crippen LogP contribution is -2.49. The number of fused-ring (bicyclic) bond motifs is 1. The Morgan fingerprint density at radius 3 is 2.50 bits per heavy atom. The van der Waals surface area contributed by atoms with E-state index in [-0.39, 0.29) is 0 Å². The Kier molecular flexibility index (Phi) is 7.12. The lowest BCUT2D eigenvalue weighted by Gasteiger charge is -2.41. The van der Waals surface area contributed by atoms with E-state index >= 15 is 8.78 Å². The zero-order valence-electron chi connectivity index (χ0n) is 21.9. The molecule has 1 aromatic heterocycles. The number of halogens is 2. The number of alkyl halides is 2. The Morgan fingerprint density at radius 1 is 1.21 bits per heavy atom. The van der Waals surface area contributed by atoms with Crippen molar-refractivity contribution in [2.24, 2.45) is 17.8 Å². The number of pyridine rings is 1. The number of hydrogen-bond acceptors (Lipinski definition) is 6. The Morgan fingerprint density at radius 2 is 1.89 bits per heavy atom. The Labute approximate surface area is 222 Å². The predicted octanol–water partition coefficient (Wildman–Crippen LogP) is 5.88. The molecular weight excluding hydrogens is 512 g/mol. The van der Waals surface area contributed by atoms with Crippen LogP contribution in [0.4, 0.5) is 13.6 Å². The molecule has 0 radical (unpaired) electrons. The minimum atomic E-state index is -4.36. The first-order valence-electron chi connectivity index (χ1n) is 12.4. The molecule has 2 aliphatic rings. The maximum atomic E-state index is 15.1. The summed E-state index contributed by atoms with van der Waals surface area (Å²) in [5, 5.41) is 7.94. The number of amides is 1. The van der Waals surface area contributed by atoms with Crippen molar-refractivity contribution in [2.45, 2.75) is 63.9 Å². The molecule has 0 spiro atoms. The van der Waals surface area contributed by atoms with E-state index in [2.05, 4.69) is 11.1 Å². The van der Waals surface area contributed by atoms with Gasteiger partial charge in [-0.2, -0.15) is 5.26 Å². The third-order valence-electron chi connectivity index (χ3n) is 7.38. The van der Waals surface area contributed by atoms with Gasteiger partial charge >= 0.3 is 6.09 Å². The van der Waals surface area contributed by atoms with Crippen LogP contribution in [0.15, 0.2) is 48.7 Å². The Hall–Kier alpha value is -3.32. The third kappa shape index (κ3) is 5.04. The molecule has 0 unspecified atom stereocenters. The van der Waals surface area contributed by atoms with Crippen LogP contribution in [0.2, 0.25) is 0 Å². The molecule has 4 rings (SSSR count). The second-order valence-corrected chi connectivity index (χ2v) is 13.0. The van der Waals surface area contributed by atoms with Crippen molar-refractivity contribution >= 4 is 22.2 Å². The minimum absolute atomic E-state index is 0.498. The lowest BCUT2D eigenvalue weighted by atomic mass is 9.68. The van der Waals surface area contributed by atoms with Crippen LogP contribution < -0.4 is 0 Å². The lowest BCUT2D eigenvalue weighted by molar-refractivity contribution is -0.108. The summed E-state index contributed by atoms with van der Waals surface area (Å²) in [5.74, 6) is -5.97. The maximum absolute atomic E-state index is 15.1. The first-order valence-corrected chi connectivity index (χ1v) is 14.0. The van der Waals surface area contributed by atoms with E-state index in [1.165, 1.54) is 6.92 Å². The molecular formula is C28H31F2N3O4S. The van der Waals surface area contributed by atoms with Gasteiger partial charge in [-0.25, -0.2) is 26.3 Å². The van der Waals surface area contributed by atoms with E-state index < -0.39 is 63.1 Å². The molecule has 5 atom stereocenters. The highest BCUT2D eigenvalue weighted by molar-refractivity contribution is 7.90. The standard InChI is InChI=1S/C28H31F2N3O4S/c1-17-22(13-12-21-11-10-20(16-32-21)23-9-7-6-8-19(23)15-31)25-18(2)33(26(34)37-27(3,4)5)38(35,36)24(25)14-28(17,29)30/h6-13,16-18,22,24-25H,14H2,1-5H3/b13-12+/t17-,18+,22-,24+,25-/m0/s1. The van der Waals surface area contributed by atoms with E-state index in [1.807, 2.05) is 12.1 Å². The highest BCUT2D eigenvalue weighted by atomic mass is 32.2. The molecule has 0 N–H and O–H groups in total. The number of benzene rings is 1. The highest BCUT2D eigenvalue weighted by Crippen LogP contribution is 2.53. The maximum Gasteiger partial charge on any atom is 0.424 e. The van der Waals surface area contributed by atoms with Crippen LogP contribution in [0, 0.1) is 29.1 Å². The van der Waals surface area contributed by atoms with Crippen molar-refractivity contribution in [1.29, 1.82) is 5.26 Å². The van der Waals surface area contributed by atoms with Crippen molar-refractivity contribution in [3.05, 3.63) is 59.9 Å². The number of allylic oxidation sites excluding steroid dienone is 1. The fraction of sp³-hybridized carbons (Fsp3) is 0.464. The van der Waals surface area contributed by atoms with Crippen molar-refractivity contribution in [3.63, 3.8) is 0 Å². The van der Waals surface area contributed by atoms with Gasteiger partial charge in [0.15, 0.2) is 0 Å². The van der Waals surface area contributed by atoms with Gasteiger partial charge in [-0.3, -0.25) is 4.98 Å². The van der Waals surface area contributed by atoms with Crippen LogP contribution in [0.1, 0.15) is 52.3 Å². The summed E-state index contributed by atoms with van der Waals surface area (Å²) in [5.41, 5.74) is 1.53. The minimum Gasteiger partial charge on any atom is -0.443 e. The summed E-state index contributed by atoms with van der Waals surface area (Å²) in [6.07, 6.45) is 2.90. The molecule has 1 aliphatic carbocycles. The first-order chi connectivity index (χ1) is 17.7. The number of nitrogens with zero attached hydrogens (tertiary/aromatic N) is 3. The third-order valence-corrected chi connectivity index (χ3v) is 9.66. The van der Waals surface area contributed by atoms with Crippen LogP contribution in [0.5, 0.6) is 0 Å². The number of hydrogen-bond donors (Lipinski definition) is 0. The molecule has 1 amide bonds. The molecule has 1 aliphatic heterocycles. The van der Waals surface area contributed by atoms with Crippen LogP contribution in [-0.4, -0.2) is 46.6 Å². The fourth-order valence-corrected chi connectivity index (χ4v) is 7.88. The Balaban J connectivity index is 1.65. The number of sulfonamides is 1. The van der Waals surface area contributed by atoms with Gasteiger partial charge in [0.2, 0.25) is 10.0 Å². The van der Waals surface area contributed by atoms with Gasteiger partial charge in [0.05, 0.1) is 28.6 Å². The second kappa shape index (κ2) is 9.77. The zero-order chi connectivity index (χ0) is 28.0. The van der Waals surface area contributed by atoms with E-state index in [4.69, 9.17) is 4.74 Å². The number of aromatic nitrogens is 1. The van der Waals surface area contributed by atoms with E-state index in [1.54, 1.807) is 70.3 Å². The molecule has 38 heavy (non-hydrogen) atoms. The SMILES string of the molecule is C[C@@H]1[C@H]2[C@@H](/C=C/c3ccc(-c4ccccc4C#N)cn3)[C@H](C)C(F)(F)C[C@H]2S(=O)(=O)N1C(=O)OC(C)(C)C. The molecule has 1 aromatic carbocycles. The summed E-state index contributed by atoms with van der Waals surface area (Å²) < 4.78 is 62.9. The quantitative estimate of drug-likeness (QED) is 0.479. The molecule has 10 heteroatoms. The van der Waals surface area contributed by atoms with Crippen LogP contribution in [0.3, 0.4) is 0 Å². The monoisotopic (exact) mass is 543 g/mol. The summed E-state index contributed by atoms with van der Waals surface area (Å²) in [6, 6.07) is 11.9. The first kappa shape index (κ1) is 27.7. The van der Waals surface area contributed by atoms with E-state index in [9.17, 15) is 18.5 Å². The normalized spacial score (nSPS) is 28.1. The van der Waals surface area contributed by atoms with E-state index in [0.29, 0.717) is 15.6 Å².